The number of aromatic nitrogens is 4. The van der Waals surface area contributed by atoms with Crippen molar-refractivity contribution in [2.45, 2.75) is 26.3 Å². The lowest BCUT2D eigenvalue weighted by atomic mass is 10.1. The summed E-state index contributed by atoms with van der Waals surface area (Å²) in [6.07, 6.45) is 4.46. The molecule has 0 bridgehead atoms. The first-order valence-electron chi connectivity index (χ1n) is 8.27. The fourth-order valence-electron chi connectivity index (χ4n) is 2.59. The normalized spacial score (nSPS) is 12.0. The molecule has 1 aromatic carbocycles. The van der Waals surface area contributed by atoms with Crippen LogP contribution in [0.3, 0.4) is 0 Å². The number of urea groups is 1. The van der Waals surface area contributed by atoms with E-state index in [4.69, 9.17) is 0 Å². The van der Waals surface area contributed by atoms with Crippen molar-refractivity contribution in [3.63, 3.8) is 0 Å². The fraction of sp³-hybridized carbons (Fsp3) is 0.278. The third-order valence-electron chi connectivity index (χ3n) is 4.04. The van der Waals surface area contributed by atoms with Gasteiger partial charge in [-0.15, -0.1) is 0 Å². The van der Waals surface area contributed by atoms with Crippen molar-refractivity contribution in [1.82, 2.24) is 24.9 Å². The summed E-state index contributed by atoms with van der Waals surface area (Å²) >= 11 is 0. The number of rotatable bonds is 5. The highest BCUT2D eigenvalue weighted by Gasteiger charge is 2.12. The number of nitrogens with one attached hydrogen (secondary N) is 2. The number of aryl methyl sites for hydroxylation is 2. The van der Waals surface area contributed by atoms with E-state index in [1.54, 1.807) is 15.6 Å². The number of hydrogen-bond acceptors (Lipinski definition) is 3. The lowest BCUT2D eigenvalue weighted by Gasteiger charge is -2.15. The summed E-state index contributed by atoms with van der Waals surface area (Å²) in [4.78, 5) is 12.2. The van der Waals surface area contributed by atoms with E-state index in [-0.39, 0.29) is 12.1 Å². The van der Waals surface area contributed by atoms with Crippen LogP contribution in [-0.4, -0.2) is 25.6 Å². The molecule has 7 nitrogen and oxygen atoms in total. The zero-order valence-electron chi connectivity index (χ0n) is 14.6. The summed E-state index contributed by atoms with van der Waals surface area (Å²) in [6, 6.07) is 11.3. The summed E-state index contributed by atoms with van der Waals surface area (Å²) < 4.78 is 3.46. The SMILES string of the molecule is CCc1cc(NC(=O)NC(C)c2ccc(-n3cccn3)cc2)n(C)n1. The van der Waals surface area contributed by atoms with Crippen LogP contribution >= 0.6 is 0 Å². The highest BCUT2D eigenvalue weighted by molar-refractivity contribution is 5.88. The second kappa shape index (κ2) is 7.21. The number of anilines is 1. The molecule has 0 spiro atoms. The van der Waals surface area contributed by atoms with E-state index < -0.39 is 0 Å². The monoisotopic (exact) mass is 338 g/mol. The third kappa shape index (κ3) is 3.88. The van der Waals surface area contributed by atoms with Crippen LogP contribution < -0.4 is 10.6 Å². The number of hydrogen-bond donors (Lipinski definition) is 2. The fourth-order valence-corrected chi connectivity index (χ4v) is 2.59. The Hall–Kier alpha value is -3.09. The molecule has 130 valence electrons. The molecule has 3 aromatic rings. The van der Waals surface area contributed by atoms with Crippen molar-refractivity contribution >= 4 is 11.8 Å². The largest absolute Gasteiger partial charge is 0.331 e. The number of nitrogens with zero attached hydrogens (tertiary/aromatic N) is 4. The number of carbonyl (C=O) groups is 1. The van der Waals surface area contributed by atoms with Gasteiger partial charge in [-0.25, -0.2) is 9.48 Å². The first-order valence-corrected chi connectivity index (χ1v) is 8.27. The Morgan fingerprint density at radius 2 is 2.04 bits per heavy atom. The van der Waals surface area contributed by atoms with E-state index >= 15 is 0 Å². The molecule has 1 atom stereocenters. The van der Waals surface area contributed by atoms with Gasteiger partial charge in [0, 0.05) is 25.5 Å². The Morgan fingerprint density at radius 1 is 1.28 bits per heavy atom. The lowest BCUT2D eigenvalue weighted by molar-refractivity contribution is 0.249. The molecule has 1 unspecified atom stereocenters. The van der Waals surface area contributed by atoms with Gasteiger partial charge in [0.1, 0.15) is 5.82 Å². The molecule has 0 saturated carbocycles. The van der Waals surface area contributed by atoms with Crippen molar-refractivity contribution in [1.29, 1.82) is 0 Å². The van der Waals surface area contributed by atoms with Crippen molar-refractivity contribution in [3.8, 4) is 5.69 Å². The molecule has 0 radical (unpaired) electrons. The molecule has 2 N–H and O–H groups in total. The molecule has 0 fully saturated rings. The maximum Gasteiger partial charge on any atom is 0.320 e. The van der Waals surface area contributed by atoms with Crippen LogP contribution in [0.2, 0.25) is 0 Å². The van der Waals surface area contributed by atoms with Crippen LogP contribution in [0.4, 0.5) is 10.6 Å². The van der Waals surface area contributed by atoms with Gasteiger partial charge in [0.25, 0.3) is 0 Å². The van der Waals surface area contributed by atoms with E-state index in [0.717, 1.165) is 23.4 Å². The molecule has 0 aliphatic heterocycles. The zero-order chi connectivity index (χ0) is 17.8. The van der Waals surface area contributed by atoms with Crippen LogP contribution in [0, 0.1) is 0 Å². The van der Waals surface area contributed by atoms with Crippen molar-refractivity contribution in [3.05, 3.63) is 60.0 Å². The minimum atomic E-state index is -0.255. The maximum atomic E-state index is 12.2. The van der Waals surface area contributed by atoms with Gasteiger partial charge in [0.15, 0.2) is 0 Å². The smallest absolute Gasteiger partial charge is 0.320 e. The average Bonchev–Trinajstić information content (AvgIpc) is 3.25. The molecule has 2 aromatic heterocycles. The van der Waals surface area contributed by atoms with Gasteiger partial charge in [-0.3, -0.25) is 10.00 Å². The standard InChI is InChI=1S/C18H22N6O/c1-4-15-12-17(23(3)22-15)21-18(25)20-13(2)14-6-8-16(9-7-14)24-11-5-10-19-24/h5-13H,4H2,1-3H3,(H2,20,21,25). The predicted molar refractivity (Wildman–Crippen MR) is 96.7 cm³/mol. The number of carbonyl (C=O) groups excluding carboxylic acids is 1. The molecule has 3 rings (SSSR count). The topological polar surface area (TPSA) is 76.8 Å². The number of benzene rings is 1. The summed E-state index contributed by atoms with van der Waals surface area (Å²) in [5.74, 6) is 0.676. The van der Waals surface area contributed by atoms with Gasteiger partial charge in [0.2, 0.25) is 0 Å². The predicted octanol–water partition coefficient (Wildman–Crippen LogP) is 3.05. The van der Waals surface area contributed by atoms with Crippen molar-refractivity contribution < 1.29 is 4.79 Å². The minimum Gasteiger partial charge on any atom is -0.331 e. The Bertz CT molecular complexity index is 835. The van der Waals surface area contributed by atoms with Gasteiger partial charge in [-0.1, -0.05) is 19.1 Å². The molecule has 0 aliphatic rings. The first-order chi connectivity index (χ1) is 12.1. The van der Waals surface area contributed by atoms with Gasteiger partial charge in [0.05, 0.1) is 17.4 Å². The summed E-state index contributed by atoms with van der Waals surface area (Å²) in [5, 5.41) is 14.3. The van der Waals surface area contributed by atoms with Crippen LogP contribution in [-0.2, 0) is 13.5 Å². The quantitative estimate of drug-likeness (QED) is 0.750. The second-order valence-corrected chi connectivity index (χ2v) is 5.86. The zero-order valence-corrected chi connectivity index (χ0v) is 14.6. The molecular weight excluding hydrogens is 316 g/mol. The molecule has 0 aliphatic carbocycles. The van der Waals surface area contributed by atoms with Gasteiger partial charge in [-0.2, -0.15) is 10.2 Å². The van der Waals surface area contributed by atoms with Crippen LogP contribution in [0.25, 0.3) is 5.69 Å². The van der Waals surface area contributed by atoms with Crippen LogP contribution in [0.1, 0.15) is 31.1 Å². The molecule has 2 heterocycles. The molecule has 0 saturated heterocycles. The molecular formula is C18H22N6O. The van der Waals surface area contributed by atoms with E-state index in [9.17, 15) is 4.79 Å². The highest BCUT2D eigenvalue weighted by Crippen LogP contribution is 2.16. The van der Waals surface area contributed by atoms with Crippen LogP contribution in [0.15, 0.2) is 48.8 Å². The van der Waals surface area contributed by atoms with Crippen molar-refractivity contribution in [2.24, 2.45) is 7.05 Å². The number of amides is 2. The van der Waals surface area contributed by atoms with E-state index in [0.29, 0.717) is 5.82 Å². The van der Waals surface area contributed by atoms with Crippen molar-refractivity contribution in [2.75, 3.05) is 5.32 Å². The lowest BCUT2D eigenvalue weighted by Crippen LogP contribution is -2.31. The second-order valence-electron chi connectivity index (χ2n) is 5.86. The van der Waals surface area contributed by atoms with Crippen LogP contribution in [0.5, 0.6) is 0 Å². The average molecular weight is 338 g/mol. The van der Waals surface area contributed by atoms with E-state index in [1.165, 1.54) is 0 Å². The Labute approximate surface area is 146 Å². The highest BCUT2D eigenvalue weighted by atomic mass is 16.2. The van der Waals surface area contributed by atoms with Gasteiger partial charge < -0.3 is 5.32 Å². The minimum absolute atomic E-state index is 0.120. The van der Waals surface area contributed by atoms with Gasteiger partial charge >= 0.3 is 6.03 Å². The maximum absolute atomic E-state index is 12.2. The summed E-state index contributed by atoms with van der Waals surface area (Å²) in [5.41, 5.74) is 2.94. The molecule has 2 amide bonds. The Morgan fingerprint density at radius 3 is 2.64 bits per heavy atom. The first kappa shape index (κ1) is 16.8. The molecule has 7 heteroatoms. The molecule has 25 heavy (non-hydrogen) atoms. The third-order valence-corrected chi connectivity index (χ3v) is 4.04. The van der Waals surface area contributed by atoms with E-state index in [2.05, 4.69) is 20.8 Å². The van der Waals surface area contributed by atoms with E-state index in [1.807, 2.05) is 63.5 Å². The Balaban J connectivity index is 1.62. The summed E-state index contributed by atoms with van der Waals surface area (Å²) in [7, 11) is 1.81. The Kier molecular flexibility index (Phi) is 4.83. The summed E-state index contributed by atoms with van der Waals surface area (Å²) in [6.45, 7) is 3.98. The van der Waals surface area contributed by atoms with Gasteiger partial charge in [-0.05, 0) is 37.1 Å².